The molecule has 4 heteroatoms. The SMILES string of the molecule is NC(=O)C(O)CNC1CCc2ccccc2C1. The highest BCUT2D eigenvalue weighted by Gasteiger charge is 2.19. The van der Waals surface area contributed by atoms with E-state index in [2.05, 4.69) is 23.5 Å². The molecule has 0 bridgehead atoms. The molecule has 1 aromatic rings. The molecular formula is C13H18N2O2. The molecule has 0 heterocycles. The number of aliphatic hydroxyl groups is 1. The Morgan fingerprint density at radius 3 is 2.88 bits per heavy atom. The van der Waals surface area contributed by atoms with Crippen LogP contribution >= 0.6 is 0 Å². The number of rotatable bonds is 4. The normalized spacial score (nSPS) is 20.6. The number of aryl methyl sites for hydroxylation is 1. The van der Waals surface area contributed by atoms with Gasteiger partial charge in [0.25, 0.3) is 0 Å². The lowest BCUT2D eigenvalue weighted by Gasteiger charge is -2.26. The number of benzene rings is 1. The van der Waals surface area contributed by atoms with Crippen LogP contribution < -0.4 is 11.1 Å². The zero-order chi connectivity index (χ0) is 12.3. The van der Waals surface area contributed by atoms with Crippen molar-refractivity contribution < 1.29 is 9.90 Å². The van der Waals surface area contributed by atoms with Crippen molar-refractivity contribution in [2.24, 2.45) is 5.73 Å². The third-order valence-electron chi connectivity index (χ3n) is 3.28. The van der Waals surface area contributed by atoms with Crippen LogP contribution in [0.1, 0.15) is 17.5 Å². The Hall–Kier alpha value is -1.39. The Morgan fingerprint density at radius 1 is 1.47 bits per heavy atom. The van der Waals surface area contributed by atoms with Crippen molar-refractivity contribution in [3.8, 4) is 0 Å². The first kappa shape index (κ1) is 12.1. The van der Waals surface area contributed by atoms with Crippen LogP contribution in [0.15, 0.2) is 24.3 Å². The van der Waals surface area contributed by atoms with E-state index in [9.17, 15) is 9.90 Å². The fraction of sp³-hybridized carbons (Fsp3) is 0.462. The van der Waals surface area contributed by atoms with E-state index in [-0.39, 0.29) is 6.54 Å². The fourth-order valence-corrected chi connectivity index (χ4v) is 2.25. The minimum atomic E-state index is -1.09. The molecule has 0 aliphatic heterocycles. The van der Waals surface area contributed by atoms with Gasteiger partial charge in [-0.3, -0.25) is 4.79 Å². The van der Waals surface area contributed by atoms with Crippen molar-refractivity contribution in [3.63, 3.8) is 0 Å². The van der Waals surface area contributed by atoms with E-state index in [0.717, 1.165) is 19.3 Å². The molecule has 1 amide bonds. The molecule has 0 aromatic heterocycles. The molecule has 1 aromatic carbocycles. The first-order valence-corrected chi connectivity index (χ1v) is 5.94. The summed E-state index contributed by atoms with van der Waals surface area (Å²) in [4.78, 5) is 10.7. The van der Waals surface area contributed by atoms with Gasteiger partial charge in [0.1, 0.15) is 6.10 Å². The average Bonchev–Trinajstić information content (AvgIpc) is 2.35. The zero-order valence-electron chi connectivity index (χ0n) is 9.73. The van der Waals surface area contributed by atoms with Crippen molar-refractivity contribution >= 4 is 5.91 Å². The molecule has 1 aliphatic carbocycles. The van der Waals surface area contributed by atoms with Crippen molar-refractivity contribution in [2.75, 3.05) is 6.54 Å². The number of nitrogens with two attached hydrogens (primary N) is 1. The van der Waals surface area contributed by atoms with Crippen LogP contribution in [-0.2, 0) is 17.6 Å². The Bertz CT molecular complexity index is 406. The predicted molar refractivity (Wildman–Crippen MR) is 65.5 cm³/mol. The van der Waals surface area contributed by atoms with E-state index < -0.39 is 12.0 Å². The maximum absolute atomic E-state index is 10.7. The molecule has 0 radical (unpaired) electrons. The maximum atomic E-state index is 10.7. The van der Waals surface area contributed by atoms with Crippen LogP contribution in [0.5, 0.6) is 0 Å². The topological polar surface area (TPSA) is 75.4 Å². The van der Waals surface area contributed by atoms with Gasteiger partial charge >= 0.3 is 0 Å². The summed E-state index contributed by atoms with van der Waals surface area (Å²) in [6.45, 7) is 0.238. The number of aliphatic hydroxyl groups excluding tert-OH is 1. The highest BCUT2D eigenvalue weighted by Crippen LogP contribution is 2.20. The second kappa shape index (κ2) is 5.29. The third-order valence-corrected chi connectivity index (χ3v) is 3.28. The number of primary amides is 1. The summed E-state index contributed by atoms with van der Waals surface area (Å²) in [6.07, 6.45) is 1.93. The van der Waals surface area contributed by atoms with Gasteiger partial charge in [-0.05, 0) is 30.4 Å². The second-order valence-electron chi connectivity index (χ2n) is 4.53. The second-order valence-corrected chi connectivity index (χ2v) is 4.53. The number of carbonyl (C=O) groups excluding carboxylic acids is 1. The molecule has 2 unspecified atom stereocenters. The minimum Gasteiger partial charge on any atom is -0.382 e. The van der Waals surface area contributed by atoms with E-state index in [1.54, 1.807) is 0 Å². The predicted octanol–water partition coefficient (Wildman–Crippen LogP) is -0.0203. The maximum Gasteiger partial charge on any atom is 0.247 e. The summed E-state index contributed by atoms with van der Waals surface area (Å²) in [5.41, 5.74) is 7.75. The fourth-order valence-electron chi connectivity index (χ4n) is 2.25. The van der Waals surface area contributed by atoms with E-state index in [4.69, 9.17) is 5.73 Å². The van der Waals surface area contributed by atoms with Gasteiger partial charge in [-0.1, -0.05) is 24.3 Å². The van der Waals surface area contributed by atoms with E-state index in [0.29, 0.717) is 6.04 Å². The van der Waals surface area contributed by atoms with Gasteiger partial charge in [0, 0.05) is 12.6 Å². The highest BCUT2D eigenvalue weighted by atomic mass is 16.3. The average molecular weight is 234 g/mol. The lowest BCUT2D eigenvalue weighted by atomic mass is 9.88. The standard InChI is InChI=1S/C13H18N2O2/c14-13(17)12(16)8-15-11-6-5-9-3-1-2-4-10(9)7-11/h1-4,11-12,15-16H,5-8H2,(H2,14,17). The quantitative estimate of drug-likeness (QED) is 0.685. The molecule has 2 rings (SSSR count). The van der Waals surface area contributed by atoms with Crippen LogP contribution in [0.25, 0.3) is 0 Å². The van der Waals surface area contributed by atoms with Gasteiger partial charge in [-0.25, -0.2) is 0 Å². The van der Waals surface area contributed by atoms with Crippen molar-refractivity contribution in [1.82, 2.24) is 5.32 Å². The van der Waals surface area contributed by atoms with Gasteiger partial charge in [0.2, 0.25) is 5.91 Å². The summed E-state index contributed by atoms with van der Waals surface area (Å²) in [5, 5.41) is 12.5. The smallest absolute Gasteiger partial charge is 0.247 e. The van der Waals surface area contributed by atoms with Crippen LogP contribution in [0.4, 0.5) is 0 Å². The molecule has 1 aliphatic rings. The number of carbonyl (C=O) groups is 1. The molecule has 0 saturated heterocycles. The number of nitrogens with one attached hydrogen (secondary N) is 1. The minimum absolute atomic E-state index is 0.238. The highest BCUT2D eigenvalue weighted by molar-refractivity contribution is 5.78. The van der Waals surface area contributed by atoms with Gasteiger partial charge < -0.3 is 16.2 Å². The zero-order valence-corrected chi connectivity index (χ0v) is 9.73. The molecule has 0 spiro atoms. The summed E-state index contributed by atoms with van der Waals surface area (Å²) >= 11 is 0. The first-order valence-electron chi connectivity index (χ1n) is 5.94. The van der Waals surface area contributed by atoms with Crippen LogP contribution in [0, 0.1) is 0 Å². The molecule has 17 heavy (non-hydrogen) atoms. The molecule has 0 saturated carbocycles. The van der Waals surface area contributed by atoms with Crippen LogP contribution in [0.2, 0.25) is 0 Å². The Kier molecular flexibility index (Phi) is 3.76. The molecule has 0 fully saturated rings. The van der Waals surface area contributed by atoms with Gasteiger partial charge in [0.15, 0.2) is 0 Å². The Labute approximate surface area is 101 Å². The summed E-state index contributed by atoms with van der Waals surface area (Å²) in [5.74, 6) is -0.672. The molecule has 4 nitrogen and oxygen atoms in total. The van der Waals surface area contributed by atoms with Crippen LogP contribution in [0.3, 0.4) is 0 Å². The van der Waals surface area contributed by atoms with E-state index >= 15 is 0 Å². The molecule has 92 valence electrons. The first-order chi connectivity index (χ1) is 8.16. The number of hydrogen-bond donors (Lipinski definition) is 3. The summed E-state index contributed by atoms with van der Waals surface area (Å²) < 4.78 is 0. The molecular weight excluding hydrogens is 216 g/mol. The number of amides is 1. The van der Waals surface area contributed by atoms with E-state index in [1.807, 2.05) is 6.07 Å². The lowest BCUT2D eigenvalue weighted by molar-refractivity contribution is -0.125. The lowest BCUT2D eigenvalue weighted by Crippen LogP contribution is -2.43. The Balaban J connectivity index is 1.88. The van der Waals surface area contributed by atoms with Crippen molar-refractivity contribution in [1.29, 1.82) is 0 Å². The van der Waals surface area contributed by atoms with Crippen molar-refractivity contribution in [2.45, 2.75) is 31.4 Å². The molecule has 4 N–H and O–H groups in total. The molecule has 2 atom stereocenters. The third kappa shape index (κ3) is 3.05. The monoisotopic (exact) mass is 234 g/mol. The van der Waals surface area contributed by atoms with Crippen molar-refractivity contribution in [3.05, 3.63) is 35.4 Å². The van der Waals surface area contributed by atoms with Gasteiger partial charge in [-0.2, -0.15) is 0 Å². The number of fused-ring (bicyclic) bond motifs is 1. The Morgan fingerprint density at radius 2 is 2.18 bits per heavy atom. The van der Waals surface area contributed by atoms with Gasteiger partial charge in [-0.15, -0.1) is 0 Å². The largest absolute Gasteiger partial charge is 0.382 e. The summed E-state index contributed by atoms with van der Waals surface area (Å²) in [7, 11) is 0. The van der Waals surface area contributed by atoms with Crippen LogP contribution in [-0.4, -0.2) is 29.7 Å². The number of hydrogen-bond acceptors (Lipinski definition) is 3. The summed E-state index contributed by atoms with van der Waals surface area (Å²) in [6, 6.07) is 8.71. The van der Waals surface area contributed by atoms with E-state index in [1.165, 1.54) is 11.1 Å². The van der Waals surface area contributed by atoms with Gasteiger partial charge in [0.05, 0.1) is 0 Å².